The fourth-order valence-corrected chi connectivity index (χ4v) is 10.6. The third-order valence-corrected chi connectivity index (χ3v) is 14.2. The van der Waals surface area contributed by atoms with Crippen molar-refractivity contribution < 1.29 is 43.6 Å². The predicted octanol–water partition coefficient (Wildman–Crippen LogP) is 6.60. The van der Waals surface area contributed by atoms with Crippen LogP contribution in [0.25, 0.3) is 22.3 Å². The minimum atomic E-state index is -1.99. The highest BCUT2D eigenvalue weighted by Gasteiger charge is 2.46. The number of phenols is 2. The number of hydrogen-bond acceptors (Lipinski definition) is 11. The molecule has 4 aliphatic heterocycles. The van der Waals surface area contributed by atoms with Crippen molar-refractivity contribution in [2.75, 3.05) is 13.1 Å². The monoisotopic (exact) mass is 871 g/mol. The van der Waals surface area contributed by atoms with Gasteiger partial charge in [-0.05, 0) is 96.0 Å². The molecule has 0 spiro atoms. The Balaban J connectivity index is 0.818. The number of rotatable bonds is 7. The summed E-state index contributed by atoms with van der Waals surface area (Å²) in [6.45, 7) is 10.0. The molecule has 14 nitrogen and oxygen atoms in total. The Morgan fingerprint density at radius 3 is 2.50 bits per heavy atom. The van der Waals surface area contributed by atoms with Crippen molar-refractivity contribution in [3.63, 3.8) is 0 Å². The number of likely N-dealkylation sites (tertiary alicyclic amines) is 1. The number of carbonyl (C=O) groups is 3. The lowest BCUT2D eigenvalue weighted by molar-refractivity contribution is -0.172. The van der Waals surface area contributed by atoms with Crippen molar-refractivity contribution in [1.29, 1.82) is 0 Å². The van der Waals surface area contributed by atoms with E-state index in [4.69, 9.17) is 14.5 Å². The van der Waals surface area contributed by atoms with Crippen LogP contribution in [0.1, 0.15) is 124 Å². The zero-order chi connectivity index (χ0) is 44.9. The number of cyclic esters (lactones) is 1. The third-order valence-electron chi connectivity index (χ3n) is 14.2. The smallest absolute Gasteiger partial charge is 0.407 e. The number of nitrogens with one attached hydrogen (secondary N) is 1. The Labute approximate surface area is 368 Å². The number of alkyl carbamates (subject to hydrolysis) is 1. The number of phenolic OH excluding ortho intramolecular Hbond substituents is 2. The Morgan fingerprint density at radius 2 is 1.75 bits per heavy atom. The van der Waals surface area contributed by atoms with Gasteiger partial charge >= 0.3 is 12.1 Å². The number of halogens is 1. The van der Waals surface area contributed by atoms with Gasteiger partial charge in [0.15, 0.2) is 5.60 Å². The van der Waals surface area contributed by atoms with E-state index in [1.807, 2.05) is 13.8 Å². The fraction of sp³-hybridized carbons (Fsp3) is 0.408. The van der Waals surface area contributed by atoms with Crippen LogP contribution in [0.2, 0.25) is 0 Å². The van der Waals surface area contributed by atoms with Gasteiger partial charge in [0.1, 0.15) is 30.0 Å². The van der Waals surface area contributed by atoms with Crippen molar-refractivity contribution in [2.45, 2.75) is 116 Å². The first-order valence-electron chi connectivity index (χ1n) is 22.1. The molecule has 6 heterocycles. The largest absolute Gasteiger partial charge is 0.508 e. The van der Waals surface area contributed by atoms with Gasteiger partial charge in [0.05, 0.1) is 40.6 Å². The zero-order valence-corrected chi connectivity index (χ0v) is 36.2. The molecule has 2 atom stereocenters. The number of esters is 1. The average Bonchev–Trinajstić information content (AvgIpc) is 3.87. The van der Waals surface area contributed by atoms with Crippen molar-refractivity contribution >= 4 is 28.9 Å². The molecule has 0 bridgehead atoms. The van der Waals surface area contributed by atoms with Gasteiger partial charge in [-0.1, -0.05) is 39.0 Å². The van der Waals surface area contributed by atoms with E-state index in [1.54, 1.807) is 35.4 Å². The summed E-state index contributed by atoms with van der Waals surface area (Å²) in [5.74, 6) is -1.80. The van der Waals surface area contributed by atoms with Gasteiger partial charge in [0, 0.05) is 61.4 Å². The maximum atomic E-state index is 15.4. The highest BCUT2D eigenvalue weighted by atomic mass is 19.1. The normalized spacial score (nSPS) is 20.2. The average molecular weight is 872 g/mol. The molecule has 5 aromatic rings. The van der Waals surface area contributed by atoms with E-state index in [9.17, 15) is 34.5 Å². The Morgan fingerprint density at radius 1 is 0.984 bits per heavy atom. The minimum Gasteiger partial charge on any atom is -0.508 e. The number of aryl methyl sites for hydroxylation is 1. The molecule has 64 heavy (non-hydrogen) atoms. The Hall–Kier alpha value is -6.32. The summed E-state index contributed by atoms with van der Waals surface area (Å²) in [4.78, 5) is 62.9. The van der Waals surface area contributed by atoms with E-state index in [0.717, 1.165) is 33.2 Å². The summed E-state index contributed by atoms with van der Waals surface area (Å²) in [6, 6.07) is 11.6. The summed E-state index contributed by atoms with van der Waals surface area (Å²) in [6.07, 6.45) is 1.37. The molecule has 2 amide bonds. The lowest BCUT2D eigenvalue weighted by Crippen LogP contribution is -2.44. The van der Waals surface area contributed by atoms with Crippen LogP contribution in [0.15, 0.2) is 47.3 Å². The number of benzene rings is 3. The number of hydrogen-bond donors (Lipinski definition) is 4. The van der Waals surface area contributed by atoms with Crippen molar-refractivity contribution in [3.8, 4) is 22.9 Å². The number of nitrogens with zero attached hydrogens (tertiary/aromatic N) is 4. The molecular formula is C49H50FN5O9. The lowest BCUT2D eigenvalue weighted by Gasteiger charge is -2.33. The van der Waals surface area contributed by atoms with E-state index in [2.05, 4.69) is 28.4 Å². The van der Waals surface area contributed by atoms with Crippen LogP contribution in [-0.4, -0.2) is 71.8 Å². The summed E-state index contributed by atoms with van der Waals surface area (Å²) in [7, 11) is 0. The van der Waals surface area contributed by atoms with Gasteiger partial charge in [-0.25, -0.2) is 19.0 Å². The lowest BCUT2D eigenvalue weighted by atomic mass is 9.81. The standard InChI is InChI=1S/C49H50FN5O9/c1-5-49(62)35-16-39-44-33(22-55(39)46(59)34(35)23-63-47(49)60)43-37(9-8-30-25(4)36(50)17-38(51-44)42(30)43)52-48(61)64-29-10-12-53(13-11-29)19-26-6-7-27-20-54(21-28(27)14-26)45(58)32-15-31(24(2)3)40(56)18-41(32)57/h6-7,14-18,24,29,37,56-57,62H,5,8-13,19-23H2,1-4H3,(H,52,61)/t37?,49-/m0/s1. The molecule has 3 aromatic carbocycles. The van der Waals surface area contributed by atoms with Crippen LogP contribution in [0.5, 0.6) is 11.5 Å². The second kappa shape index (κ2) is 15.4. The van der Waals surface area contributed by atoms with Gasteiger partial charge in [0.25, 0.3) is 11.5 Å². The van der Waals surface area contributed by atoms with Crippen molar-refractivity contribution in [2.24, 2.45) is 0 Å². The van der Waals surface area contributed by atoms with Crippen molar-refractivity contribution in [3.05, 3.63) is 120 Å². The van der Waals surface area contributed by atoms with Crippen LogP contribution in [0.4, 0.5) is 9.18 Å². The number of carbonyl (C=O) groups excluding carboxylic acids is 3. The first kappa shape index (κ1) is 41.7. The Kier molecular flexibility index (Phi) is 10.1. The summed E-state index contributed by atoms with van der Waals surface area (Å²) < 4.78 is 28.2. The second-order valence-electron chi connectivity index (χ2n) is 18.3. The first-order valence-corrected chi connectivity index (χ1v) is 22.1. The van der Waals surface area contributed by atoms with Gasteiger partial charge < -0.3 is 39.6 Å². The molecule has 1 aliphatic carbocycles. The number of piperidine rings is 1. The maximum Gasteiger partial charge on any atom is 0.407 e. The van der Waals surface area contributed by atoms with Crippen LogP contribution in [-0.2, 0) is 59.1 Å². The third kappa shape index (κ3) is 6.70. The highest BCUT2D eigenvalue weighted by molar-refractivity contribution is 5.98. The maximum absolute atomic E-state index is 15.4. The van der Waals surface area contributed by atoms with Gasteiger partial charge in [0.2, 0.25) is 0 Å². The van der Waals surface area contributed by atoms with Crippen LogP contribution in [0.3, 0.4) is 0 Å². The van der Waals surface area contributed by atoms with Gasteiger partial charge in [-0.2, -0.15) is 0 Å². The molecule has 1 saturated heterocycles. The molecule has 0 radical (unpaired) electrons. The van der Waals surface area contributed by atoms with E-state index in [0.29, 0.717) is 92.0 Å². The molecular weight excluding hydrogens is 822 g/mol. The molecule has 1 fully saturated rings. The quantitative estimate of drug-likeness (QED) is 0.127. The first-order chi connectivity index (χ1) is 30.6. The topological polar surface area (TPSA) is 184 Å². The van der Waals surface area contributed by atoms with E-state index in [1.165, 1.54) is 12.1 Å². The van der Waals surface area contributed by atoms with E-state index < -0.39 is 35.1 Å². The SMILES string of the molecule is CC[C@@]1(O)C(=O)OCc2c1cc1n(c2=O)Cc2c-1nc1cc(F)c(C)c3c1c2C(NC(=O)OC1CCN(Cc2ccc4c(c2)CN(C(=O)c2cc(C(C)C)c(O)cc2O)C4)CC1)CC3. The highest BCUT2D eigenvalue weighted by Crippen LogP contribution is 2.46. The number of aromatic hydroxyl groups is 2. The van der Waals surface area contributed by atoms with Gasteiger partial charge in [-0.15, -0.1) is 0 Å². The summed E-state index contributed by atoms with van der Waals surface area (Å²) >= 11 is 0. The number of aliphatic hydroxyl groups is 1. The molecule has 5 aliphatic rings. The van der Waals surface area contributed by atoms with Crippen LogP contribution >= 0.6 is 0 Å². The zero-order valence-electron chi connectivity index (χ0n) is 36.2. The molecule has 15 heteroatoms. The Bertz CT molecular complexity index is 2900. The predicted molar refractivity (Wildman–Crippen MR) is 232 cm³/mol. The van der Waals surface area contributed by atoms with Crippen molar-refractivity contribution in [1.82, 2.24) is 24.7 Å². The van der Waals surface area contributed by atoms with Gasteiger partial charge in [-0.3, -0.25) is 14.5 Å². The molecule has 2 aromatic heterocycles. The number of aromatic nitrogens is 2. The number of pyridine rings is 2. The number of amides is 2. The molecule has 10 rings (SSSR count). The molecule has 1 unspecified atom stereocenters. The molecule has 0 saturated carbocycles. The number of ether oxygens (including phenoxy) is 2. The van der Waals surface area contributed by atoms with E-state index in [-0.39, 0.29) is 65.7 Å². The second-order valence-corrected chi connectivity index (χ2v) is 18.3. The fourth-order valence-electron chi connectivity index (χ4n) is 10.6. The van der Waals surface area contributed by atoms with Crippen LogP contribution in [0, 0.1) is 12.7 Å². The van der Waals surface area contributed by atoms with E-state index >= 15 is 4.39 Å². The van der Waals surface area contributed by atoms with Crippen LogP contribution < -0.4 is 10.9 Å². The molecule has 4 N–H and O–H groups in total. The minimum absolute atomic E-state index is 0.00145. The summed E-state index contributed by atoms with van der Waals surface area (Å²) in [5, 5.41) is 36.1. The number of fused-ring (bicyclic) bond motifs is 6. The molecule has 332 valence electrons. The summed E-state index contributed by atoms with van der Waals surface area (Å²) in [5.41, 5.74) is 6.01.